The van der Waals surface area contributed by atoms with E-state index in [9.17, 15) is 22.4 Å². The number of ether oxygens (including phenoxy) is 1. The Hall–Kier alpha value is -1.60. The van der Waals surface area contributed by atoms with Crippen molar-refractivity contribution in [3.63, 3.8) is 0 Å². The Morgan fingerprint density at radius 1 is 1.43 bits per heavy atom. The molecular formula is C15H20F4N2O2. The molecule has 0 saturated heterocycles. The third-order valence-corrected chi connectivity index (χ3v) is 4.11. The maximum Gasteiger partial charge on any atom is 0.356 e. The summed E-state index contributed by atoms with van der Waals surface area (Å²) in [5.74, 6) is -4.83. The van der Waals surface area contributed by atoms with Crippen molar-refractivity contribution in [1.29, 1.82) is 0 Å². The fourth-order valence-corrected chi connectivity index (χ4v) is 2.87. The zero-order chi connectivity index (χ0) is 17.4. The lowest BCUT2D eigenvalue weighted by Crippen LogP contribution is -2.38. The molecule has 0 N–H and O–H groups in total. The summed E-state index contributed by atoms with van der Waals surface area (Å²) in [7, 11) is 0. The number of esters is 1. The van der Waals surface area contributed by atoms with E-state index in [-0.39, 0.29) is 43.3 Å². The summed E-state index contributed by atoms with van der Waals surface area (Å²) in [5.41, 5.74) is 0.501. The largest absolute Gasteiger partial charge is 0.461 e. The molecule has 1 aromatic rings. The molecule has 0 radical (unpaired) electrons. The lowest BCUT2D eigenvalue weighted by Gasteiger charge is -2.34. The molecular weight excluding hydrogens is 316 g/mol. The summed E-state index contributed by atoms with van der Waals surface area (Å²) in [5, 5.41) is 4.09. The lowest BCUT2D eigenvalue weighted by atomic mass is 9.81. The lowest BCUT2D eigenvalue weighted by molar-refractivity contribution is -0.114. The zero-order valence-corrected chi connectivity index (χ0v) is 13.3. The van der Waals surface area contributed by atoms with Gasteiger partial charge in [-0.3, -0.25) is 4.68 Å². The average molecular weight is 336 g/mol. The van der Waals surface area contributed by atoms with Gasteiger partial charge in [-0.15, -0.1) is 0 Å². The van der Waals surface area contributed by atoms with Crippen molar-refractivity contribution in [3.05, 3.63) is 17.0 Å². The Morgan fingerprint density at radius 3 is 2.52 bits per heavy atom. The van der Waals surface area contributed by atoms with Gasteiger partial charge in [0.1, 0.15) is 5.69 Å². The van der Waals surface area contributed by atoms with Crippen LogP contribution >= 0.6 is 0 Å². The standard InChI is InChI=1S/C15H20F4N2O2/c1-4-23-14(22)12-8(2)11(9(3)13(16)17)20-21(12)7-10-5-15(18,19)6-10/h9-10,13H,4-7H2,1-3H3. The summed E-state index contributed by atoms with van der Waals surface area (Å²) in [6.07, 6.45) is -3.19. The number of alkyl halides is 4. The predicted octanol–water partition coefficient (Wildman–Crippen LogP) is 3.78. The van der Waals surface area contributed by atoms with Gasteiger partial charge >= 0.3 is 5.97 Å². The monoisotopic (exact) mass is 336 g/mol. The van der Waals surface area contributed by atoms with Crippen LogP contribution in [0, 0.1) is 12.8 Å². The van der Waals surface area contributed by atoms with Crippen molar-refractivity contribution in [2.45, 2.75) is 58.4 Å². The second kappa shape index (κ2) is 6.49. The molecule has 1 unspecified atom stereocenters. The van der Waals surface area contributed by atoms with Crippen molar-refractivity contribution in [2.75, 3.05) is 6.61 Å². The zero-order valence-electron chi connectivity index (χ0n) is 13.3. The van der Waals surface area contributed by atoms with Gasteiger partial charge in [0.25, 0.3) is 0 Å². The number of hydrogen-bond donors (Lipinski definition) is 0. The van der Waals surface area contributed by atoms with Crippen molar-refractivity contribution < 1.29 is 27.1 Å². The first-order valence-electron chi connectivity index (χ1n) is 7.56. The summed E-state index contributed by atoms with van der Waals surface area (Å²) >= 11 is 0. The van der Waals surface area contributed by atoms with Crippen LogP contribution in [0.3, 0.4) is 0 Å². The molecule has 1 saturated carbocycles. The molecule has 0 spiro atoms. The van der Waals surface area contributed by atoms with Crippen molar-refractivity contribution >= 4 is 5.97 Å². The first kappa shape index (κ1) is 17.7. The number of carbonyl (C=O) groups excluding carboxylic acids is 1. The van der Waals surface area contributed by atoms with Crippen LogP contribution in [-0.2, 0) is 11.3 Å². The van der Waals surface area contributed by atoms with Gasteiger partial charge in [-0.05, 0) is 19.8 Å². The van der Waals surface area contributed by atoms with Crippen LogP contribution in [0.4, 0.5) is 17.6 Å². The van der Waals surface area contributed by atoms with Gasteiger partial charge in [0, 0.05) is 24.9 Å². The number of aromatic nitrogens is 2. The van der Waals surface area contributed by atoms with E-state index in [0.717, 1.165) is 0 Å². The topological polar surface area (TPSA) is 44.1 Å². The molecule has 1 aliphatic carbocycles. The van der Waals surface area contributed by atoms with E-state index in [4.69, 9.17) is 4.74 Å². The van der Waals surface area contributed by atoms with Crippen molar-refractivity contribution in [2.24, 2.45) is 5.92 Å². The average Bonchev–Trinajstić information content (AvgIpc) is 2.72. The van der Waals surface area contributed by atoms with Crippen LogP contribution in [0.25, 0.3) is 0 Å². The van der Waals surface area contributed by atoms with Crippen LogP contribution in [-0.4, -0.2) is 34.7 Å². The number of hydrogen-bond acceptors (Lipinski definition) is 3. The highest BCUT2D eigenvalue weighted by molar-refractivity contribution is 5.89. The van der Waals surface area contributed by atoms with Crippen LogP contribution < -0.4 is 0 Å². The summed E-state index contributed by atoms with van der Waals surface area (Å²) < 4.78 is 58.1. The molecule has 130 valence electrons. The number of rotatable bonds is 6. The Balaban J connectivity index is 2.31. The van der Waals surface area contributed by atoms with Gasteiger partial charge < -0.3 is 4.74 Å². The number of carbonyl (C=O) groups is 1. The van der Waals surface area contributed by atoms with Gasteiger partial charge in [-0.1, -0.05) is 6.92 Å². The van der Waals surface area contributed by atoms with Crippen LogP contribution in [0.15, 0.2) is 0 Å². The Kier molecular flexibility index (Phi) is 5.01. The Morgan fingerprint density at radius 2 is 2.04 bits per heavy atom. The highest BCUT2D eigenvalue weighted by Gasteiger charge is 2.45. The maximum absolute atomic E-state index is 13.0. The quantitative estimate of drug-likeness (QED) is 0.586. The minimum Gasteiger partial charge on any atom is -0.461 e. The van der Waals surface area contributed by atoms with E-state index >= 15 is 0 Å². The van der Waals surface area contributed by atoms with Gasteiger partial charge in [-0.25, -0.2) is 22.4 Å². The highest BCUT2D eigenvalue weighted by Crippen LogP contribution is 2.43. The van der Waals surface area contributed by atoms with Gasteiger partial charge in [0.15, 0.2) is 0 Å². The van der Waals surface area contributed by atoms with E-state index in [1.54, 1.807) is 6.92 Å². The molecule has 4 nitrogen and oxygen atoms in total. The SMILES string of the molecule is CCOC(=O)c1c(C)c(C(C)C(F)F)nn1CC1CC(F)(F)C1. The molecule has 1 aliphatic rings. The number of nitrogens with zero attached hydrogens (tertiary/aromatic N) is 2. The van der Waals surface area contributed by atoms with Crippen molar-refractivity contribution in [3.8, 4) is 0 Å². The predicted molar refractivity (Wildman–Crippen MR) is 75.0 cm³/mol. The molecule has 1 aromatic heterocycles. The second-order valence-electron chi connectivity index (χ2n) is 6.01. The van der Waals surface area contributed by atoms with E-state index in [0.29, 0.717) is 5.56 Å². The molecule has 1 heterocycles. The van der Waals surface area contributed by atoms with Crippen LogP contribution in [0.5, 0.6) is 0 Å². The maximum atomic E-state index is 13.0. The third-order valence-electron chi connectivity index (χ3n) is 4.11. The number of halogens is 4. The molecule has 0 bridgehead atoms. The van der Waals surface area contributed by atoms with Gasteiger partial charge in [0.2, 0.25) is 12.3 Å². The van der Waals surface area contributed by atoms with E-state index in [1.807, 2.05) is 0 Å². The van der Waals surface area contributed by atoms with Crippen molar-refractivity contribution in [1.82, 2.24) is 9.78 Å². The fourth-order valence-electron chi connectivity index (χ4n) is 2.87. The highest BCUT2D eigenvalue weighted by atomic mass is 19.3. The van der Waals surface area contributed by atoms with E-state index in [1.165, 1.54) is 18.5 Å². The first-order valence-corrected chi connectivity index (χ1v) is 7.56. The molecule has 2 rings (SSSR count). The molecule has 8 heteroatoms. The van der Waals surface area contributed by atoms with Crippen LogP contribution in [0.2, 0.25) is 0 Å². The van der Waals surface area contributed by atoms with Gasteiger partial charge in [-0.2, -0.15) is 5.10 Å². The van der Waals surface area contributed by atoms with Gasteiger partial charge in [0.05, 0.1) is 18.2 Å². The molecule has 1 atom stereocenters. The third kappa shape index (κ3) is 3.67. The minimum atomic E-state index is -2.68. The summed E-state index contributed by atoms with van der Waals surface area (Å²) in [4.78, 5) is 12.1. The molecule has 1 fully saturated rings. The normalized spacial score (nSPS) is 18.8. The van der Waals surface area contributed by atoms with E-state index < -0.39 is 24.2 Å². The Labute approximate surface area is 131 Å². The second-order valence-corrected chi connectivity index (χ2v) is 6.01. The Bertz CT molecular complexity index is 578. The van der Waals surface area contributed by atoms with Crippen LogP contribution in [0.1, 0.15) is 54.4 Å². The summed E-state index contributed by atoms with van der Waals surface area (Å²) in [6, 6.07) is 0. The molecule has 23 heavy (non-hydrogen) atoms. The summed E-state index contributed by atoms with van der Waals surface area (Å²) in [6.45, 7) is 4.70. The molecule has 0 aliphatic heterocycles. The first-order chi connectivity index (χ1) is 10.7. The van der Waals surface area contributed by atoms with E-state index in [2.05, 4.69) is 5.10 Å². The smallest absolute Gasteiger partial charge is 0.356 e. The molecule has 0 aromatic carbocycles. The fraction of sp³-hybridized carbons (Fsp3) is 0.733. The minimum absolute atomic E-state index is 0.0737. The molecule has 0 amide bonds.